The Kier molecular flexibility index (Phi) is 3.46. The van der Waals surface area contributed by atoms with Crippen molar-refractivity contribution in [3.63, 3.8) is 0 Å². The Morgan fingerprint density at radius 1 is 1.44 bits per heavy atom. The molecule has 1 aromatic carbocycles. The number of carbonyl (C=O) groups excluding carboxylic acids is 2. The monoisotopic (exact) mass is 246 g/mol. The van der Waals surface area contributed by atoms with Crippen LogP contribution in [-0.4, -0.2) is 18.9 Å². The SMILES string of the molecule is CCOC(=O)Cc1c(C)oc2ccc(C=O)cc12. The molecule has 0 amide bonds. The molecule has 1 aromatic heterocycles. The number of esters is 1. The zero-order chi connectivity index (χ0) is 13.1. The van der Waals surface area contributed by atoms with Gasteiger partial charge >= 0.3 is 5.97 Å². The van der Waals surface area contributed by atoms with Crippen LogP contribution in [0, 0.1) is 6.92 Å². The minimum atomic E-state index is -0.292. The summed E-state index contributed by atoms with van der Waals surface area (Å²) in [6.07, 6.45) is 0.935. The third-order valence-corrected chi connectivity index (χ3v) is 2.78. The molecule has 2 aromatic rings. The van der Waals surface area contributed by atoms with E-state index in [2.05, 4.69) is 0 Å². The minimum Gasteiger partial charge on any atom is -0.466 e. The number of furan rings is 1. The Morgan fingerprint density at radius 3 is 2.89 bits per heavy atom. The van der Waals surface area contributed by atoms with E-state index in [1.165, 1.54) is 0 Å². The first-order chi connectivity index (χ1) is 8.65. The number of carbonyl (C=O) groups is 2. The molecule has 0 bridgehead atoms. The third kappa shape index (κ3) is 2.27. The van der Waals surface area contributed by atoms with E-state index in [-0.39, 0.29) is 12.4 Å². The van der Waals surface area contributed by atoms with Crippen LogP contribution in [0.25, 0.3) is 11.0 Å². The molecule has 0 radical (unpaired) electrons. The smallest absolute Gasteiger partial charge is 0.310 e. The second-order valence-electron chi connectivity index (χ2n) is 3.99. The summed E-state index contributed by atoms with van der Waals surface area (Å²) in [6, 6.07) is 5.15. The van der Waals surface area contributed by atoms with Gasteiger partial charge in [-0.15, -0.1) is 0 Å². The van der Waals surface area contributed by atoms with Crippen LogP contribution in [0.5, 0.6) is 0 Å². The summed E-state index contributed by atoms with van der Waals surface area (Å²) >= 11 is 0. The Bertz CT molecular complexity index is 595. The summed E-state index contributed by atoms with van der Waals surface area (Å²) < 4.78 is 10.5. The number of hydrogen-bond donors (Lipinski definition) is 0. The summed E-state index contributed by atoms with van der Waals surface area (Å²) in [5, 5.41) is 0.796. The highest BCUT2D eigenvalue weighted by atomic mass is 16.5. The maximum atomic E-state index is 11.5. The second kappa shape index (κ2) is 5.04. The van der Waals surface area contributed by atoms with Crippen molar-refractivity contribution in [2.45, 2.75) is 20.3 Å². The molecular formula is C14H14O4. The van der Waals surface area contributed by atoms with Crippen molar-refractivity contribution < 1.29 is 18.7 Å². The number of benzene rings is 1. The van der Waals surface area contributed by atoms with Gasteiger partial charge in [-0.3, -0.25) is 9.59 Å². The molecular weight excluding hydrogens is 232 g/mol. The molecule has 1 heterocycles. The van der Waals surface area contributed by atoms with Crippen molar-refractivity contribution in [2.75, 3.05) is 6.61 Å². The number of hydrogen-bond acceptors (Lipinski definition) is 4. The van der Waals surface area contributed by atoms with E-state index < -0.39 is 0 Å². The van der Waals surface area contributed by atoms with Crippen LogP contribution in [0.4, 0.5) is 0 Å². The van der Waals surface area contributed by atoms with Crippen molar-refractivity contribution in [3.8, 4) is 0 Å². The van der Waals surface area contributed by atoms with Gasteiger partial charge in [0.1, 0.15) is 17.6 Å². The van der Waals surface area contributed by atoms with Gasteiger partial charge in [0.15, 0.2) is 0 Å². The fourth-order valence-electron chi connectivity index (χ4n) is 1.94. The van der Waals surface area contributed by atoms with Gasteiger partial charge in [0.25, 0.3) is 0 Å². The number of aldehydes is 1. The number of rotatable bonds is 4. The Morgan fingerprint density at radius 2 is 2.22 bits per heavy atom. The van der Waals surface area contributed by atoms with Crippen molar-refractivity contribution in [2.24, 2.45) is 0 Å². The summed E-state index contributed by atoms with van der Waals surface area (Å²) in [5.41, 5.74) is 2.03. The second-order valence-corrected chi connectivity index (χ2v) is 3.99. The van der Waals surface area contributed by atoms with Crippen LogP contribution in [-0.2, 0) is 16.0 Å². The van der Waals surface area contributed by atoms with E-state index >= 15 is 0 Å². The van der Waals surface area contributed by atoms with Crippen LogP contribution in [0.15, 0.2) is 22.6 Å². The molecule has 0 saturated heterocycles. The lowest BCUT2D eigenvalue weighted by Gasteiger charge is -2.01. The molecule has 0 fully saturated rings. The van der Waals surface area contributed by atoms with Gasteiger partial charge in [0, 0.05) is 16.5 Å². The highest BCUT2D eigenvalue weighted by Crippen LogP contribution is 2.26. The van der Waals surface area contributed by atoms with Gasteiger partial charge in [0.2, 0.25) is 0 Å². The minimum absolute atomic E-state index is 0.162. The fourth-order valence-corrected chi connectivity index (χ4v) is 1.94. The topological polar surface area (TPSA) is 56.5 Å². The molecule has 0 aliphatic heterocycles. The summed E-state index contributed by atoms with van der Waals surface area (Å²) in [6.45, 7) is 3.92. The molecule has 0 spiro atoms. The molecule has 0 aliphatic rings. The van der Waals surface area contributed by atoms with Crippen molar-refractivity contribution in [1.82, 2.24) is 0 Å². The molecule has 2 rings (SSSR count). The fraction of sp³-hybridized carbons (Fsp3) is 0.286. The van der Waals surface area contributed by atoms with E-state index in [0.717, 1.165) is 17.2 Å². The Labute approximate surface area is 105 Å². The van der Waals surface area contributed by atoms with E-state index in [1.807, 2.05) is 0 Å². The van der Waals surface area contributed by atoms with Crippen molar-refractivity contribution in [1.29, 1.82) is 0 Å². The molecule has 4 heteroatoms. The number of ether oxygens (including phenoxy) is 1. The highest BCUT2D eigenvalue weighted by molar-refractivity contribution is 5.91. The molecule has 0 atom stereocenters. The number of aryl methyl sites for hydroxylation is 1. The lowest BCUT2D eigenvalue weighted by atomic mass is 10.1. The predicted octanol–water partition coefficient (Wildman–Crippen LogP) is 2.66. The predicted molar refractivity (Wildman–Crippen MR) is 66.7 cm³/mol. The Balaban J connectivity index is 2.44. The molecule has 0 saturated carbocycles. The third-order valence-electron chi connectivity index (χ3n) is 2.78. The zero-order valence-corrected chi connectivity index (χ0v) is 10.4. The van der Waals surface area contributed by atoms with Gasteiger partial charge in [0.05, 0.1) is 13.0 Å². The van der Waals surface area contributed by atoms with E-state index in [4.69, 9.17) is 9.15 Å². The zero-order valence-electron chi connectivity index (χ0n) is 10.4. The summed E-state index contributed by atoms with van der Waals surface area (Å²) in [5.74, 6) is 0.390. The van der Waals surface area contributed by atoms with Gasteiger partial charge in [-0.2, -0.15) is 0 Å². The molecule has 0 unspecified atom stereocenters. The first kappa shape index (κ1) is 12.4. The maximum Gasteiger partial charge on any atom is 0.310 e. The van der Waals surface area contributed by atoms with Crippen LogP contribution in [0.3, 0.4) is 0 Å². The Hall–Kier alpha value is -2.10. The van der Waals surface area contributed by atoms with E-state index in [9.17, 15) is 9.59 Å². The molecule has 4 nitrogen and oxygen atoms in total. The van der Waals surface area contributed by atoms with E-state index in [1.54, 1.807) is 32.0 Å². The first-order valence-electron chi connectivity index (χ1n) is 5.78. The van der Waals surface area contributed by atoms with Gasteiger partial charge in [-0.05, 0) is 32.0 Å². The van der Waals surface area contributed by atoms with Gasteiger partial charge in [-0.25, -0.2) is 0 Å². The van der Waals surface area contributed by atoms with Crippen LogP contribution in [0.2, 0.25) is 0 Å². The molecule has 0 N–H and O–H groups in total. The lowest BCUT2D eigenvalue weighted by molar-refractivity contribution is -0.142. The quantitative estimate of drug-likeness (QED) is 0.614. The van der Waals surface area contributed by atoms with Gasteiger partial charge < -0.3 is 9.15 Å². The molecule has 94 valence electrons. The summed E-state index contributed by atoms with van der Waals surface area (Å²) in [7, 11) is 0. The first-order valence-corrected chi connectivity index (χ1v) is 5.78. The molecule has 0 aliphatic carbocycles. The normalized spacial score (nSPS) is 10.6. The van der Waals surface area contributed by atoms with Crippen molar-refractivity contribution in [3.05, 3.63) is 35.1 Å². The largest absolute Gasteiger partial charge is 0.466 e. The average molecular weight is 246 g/mol. The number of fused-ring (bicyclic) bond motifs is 1. The van der Waals surface area contributed by atoms with Crippen LogP contribution < -0.4 is 0 Å². The van der Waals surface area contributed by atoms with Crippen LogP contribution >= 0.6 is 0 Å². The lowest BCUT2D eigenvalue weighted by Crippen LogP contribution is -2.07. The van der Waals surface area contributed by atoms with Crippen LogP contribution in [0.1, 0.15) is 28.6 Å². The van der Waals surface area contributed by atoms with Crippen molar-refractivity contribution >= 4 is 23.2 Å². The maximum absolute atomic E-state index is 11.5. The highest BCUT2D eigenvalue weighted by Gasteiger charge is 2.15. The van der Waals surface area contributed by atoms with E-state index in [0.29, 0.717) is 23.5 Å². The standard InChI is InChI=1S/C14H14O4/c1-3-17-14(16)7-11-9(2)18-13-5-4-10(8-15)6-12(11)13/h4-6,8H,3,7H2,1-2H3. The summed E-state index contributed by atoms with van der Waals surface area (Å²) in [4.78, 5) is 22.3. The molecule has 18 heavy (non-hydrogen) atoms. The average Bonchev–Trinajstić information content (AvgIpc) is 2.65. The van der Waals surface area contributed by atoms with Gasteiger partial charge in [-0.1, -0.05) is 0 Å².